The Balaban J connectivity index is 4.66. The Morgan fingerprint density at radius 2 is 1.84 bits per heavy atom. The van der Waals surface area contributed by atoms with Gasteiger partial charge in [0.2, 0.25) is 0 Å². The minimum Gasteiger partial charge on any atom is -0.465 e. The van der Waals surface area contributed by atoms with E-state index in [1.807, 2.05) is 20.9 Å². The Hall–Kier alpha value is -0.610. The first-order valence-electron chi connectivity index (χ1n) is 7.55. The molecule has 0 saturated carbocycles. The summed E-state index contributed by atoms with van der Waals surface area (Å²) in [5.41, 5.74) is -0.627. The van der Waals surface area contributed by atoms with Crippen LogP contribution in [0.3, 0.4) is 0 Å². The first-order chi connectivity index (χ1) is 8.97. The largest absolute Gasteiger partial charge is 0.465 e. The van der Waals surface area contributed by atoms with E-state index in [9.17, 15) is 4.79 Å². The van der Waals surface area contributed by atoms with Gasteiger partial charge in [-0.25, -0.2) is 0 Å². The van der Waals surface area contributed by atoms with Crippen LogP contribution >= 0.6 is 0 Å². The summed E-state index contributed by atoms with van der Waals surface area (Å²) in [7, 11) is 1.82. The second-order valence-electron chi connectivity index (χ2n) is 5.31. The van der Waals surface area contributed by atoms with Crippen molar-refractivity contribution >= 4 is 5.97 Å². The van der Waals surface area contributed by atoms with Crippen LogP contribution in [0.5, 0.6) is 0 Å². The highest BCUT2D eigenvalue weighted by Crippen LogP contribution is 2.14. The molecule has 0 spiro atoms. The smallest absolute Gasteiger partial charge is 0.327 e. The normalized spacial score (nSPS) is 14.7. The van der Waals surface area contributed by atoms with Crippen LogP contribution in [0.25, 0.3) is 0 Å². The number of hydrogen-bond donors (Lipinski definition) is 1. The van der Waals surface area contributed by atoms with Crippen molar-refractivity contribution in [1.82, 2.24) is 10.2 Å². The lowest BCUT2D eigenvalue weighted by molar-refractivity contribution is -0.151. The van der Waals surface area contributed by atoms with Gasteiger partial charge in [0, 0.05) is 13.1 Å². The van der Waals surface area contributed by atoms with E-state index in [0.717, 1.165) is 13.1 Å². The topological polar surface area (TPSA) is 41.6 Å². The van der Waals surface area contributed by atoms with Crippen LogP contribution in [0.1, 0.15) is 47.5 Å². The van der Waals surface area contributed by atoms with E-state index in [2.05, 4.69) is 31.0 Å². The monoisotopic (exact) mass is 272 g/mol. The zero-order valence-electron chi connectivity index (χ0n) is 13.6. The van der Waals surface area contributed by atoms with Crippen LogP contribution in [0, 0.1) is 5.92 Å². The van der Waals surface area contributed by atoms with Crippen LogP contribution in [-0.2, 0) is 9.53 Å². The average Bonchev–Trinajstić information content (AvgIpc) is 2.43. The lowest BCUT2D eigenvalue weighted by Gasteiger charge is -2.34. The SMILES string of the molecule is CCOC(=O)C(C)(CN(CC)CC(CC)CC)NC. The van der Waals surface area contributed by atoms with Gasteiger partial charge in [0.15, 0.2) is 0 Å². The lowest BCUT2D eigenvalue weighted by Crippen LogP contribution is -2.56. The summed E-state index contributed by atoms with van der Waals surface area (Å²) in [5.74, 6) is 0.531. The van der Waals surface area contributed by atoms with Gasteiger partial charge >= 0.3 is 5.97 Å². The van der Waals surface area contributed by atoms with Crippen molar-refractivity contribution in [3.63, 3.8) is 0 Å². The molecule has 114 valence electrons. The number of esters is 1. The Morgan fingerprint density at radius 1 is 1.26 bits per heavy atom. The summed E-state index contributed by atoms with van der Waals surface area (Å²) in [5, 5.41) is 3.12. The Kier molecular flexibility index (Phi) is 9.02. The van der Waals surface area contributed by atoms with Crippen molar-refractivity contribution in [2.75, 3.05) is 33.3 Å². The highest BCUT2D eigenvalue weighted by atomic mass is 16.5. The van der Waals surface area contributed by atoms with Crippen molar-refractivity contribution in [1.29, 1.82) is 0 Å². The van der Waals surface area contributed by atoms with Gasteiger partial charge in [0.05, 0.1) is 6.61 Å². The number of carbonyl (C=O) groups excluding carboxylic acids is 1. The number of likely N-dealkylation sites (N-methyl/N-ethyl adjacent to an activating group) is 2. The minimum atomic E-state index is -0.627. The fourth-order valence-corrected chi connectivity index (χ4v) is 2.20. The first-order valence-corrected chi connectivity index (χ1v) is 7.55. The van der Waals surface area contributed by atoms with E-state index in [1.54, 1.807) is 0 Å². The molecule has 4 heteroatoms. The number of rotatable bonds is 10. The van der Waals surface area contributed by atoms with Gasteiger partial charge < -0.3 is 15.0 Å². The average molecular weight is 272 g/mol. The molecule has 0 saturated heterocycles. The van der Waals surface area contributed by atoms with Crippen LogP contribution < -0.4 is 5.32 Å². The van der Waals surface area contributed by atoms with Gasteiger partial charge in [-0.3, -0.25) is 4.79 Å². The second kappa shape index (κ2) is 9.32. The molecule has 0 rings (SSSR count). The summed E-state index contributed by atoms with van der Waals surface area (Å²) in [6.45, 7) is 13.5. The summed E-state index contributed by atoms with van der Waals surface area (Å²) in [6.07, 6.45) is 2.37. The molecule has 1 atom stereocenters. The maximum absolute atomic E-state index is 12.1. The molecule has 0 fully saturated rings. The minimum absolute atomic E-state index is 0.166. The van der Waals surface area contributed by atoms with E-state index in [0.29, 0.717) is 19.1 Å². The van der Waals surface area contributed by atoms with Crippen LogP contribution in [0.15, 0.2) is 0 Å². The number of carbonyl (C=O) groups is 1. The van der Waals surface area contributed by atoms with Crippen molar-refractivity contribution in [2.45, 2.75) is 53.0 Å². The van der Waals surface area contributed by atoms with Crippen LogP contribution in [0.4, 0.5) is 0 Å². The molecule has 0 aromatic heterocycles. The summed E-state index contributed by atoms with van der Waals surface area (Å²) >= 11 is 0. The predicted octanol–water partition coefficient (Wildman–Crippen LogP) is 2.29. The molecule has 1 unspecified atom stereocenters. The van der Waals surface area contributed by atoms with Crippen LogP contribution in [-0.4, -0.2) is 49.7 Å². The maximum Gasteiger partial charge on any atom is 0.327 e. The van der Waals surface area contributed by atoms with E-state index in [1.165, 1.54) is 12.8 Å². The van der Waals surface area contributed by atoms with E-state index in [4.69, 9.17) is 4.74 Å². The third-order valence-electron chi connectivity index (χ3n) is 3.94. The zero-order valence-corrected chi connectivity index (χ0v) is 13.6. The molecular formula is C15H32N2O2. The zero-order chi connectivity index (χ0) is 14.9. The molecule has 0 heterocycles. The van der Waals surface area contributed by atoms with Crippen molar-refractivity contribution in [3.8, 4) is 0 Å². The Morgan fingerprint density at radius 3 is 2.21 bits per heavy atom. The van der Waals surface area contributed by atoms with E-state index < -0.39 is 5.54 Å². The maximum atomic E-state index is 12.1. The Labute approximate surface area is 118 Å². The van der Waals surface area contributed by atoms with Gasteiger partial charge in [-0.15, -0.1) is 0 Å². The molecule has 0 amide bonds. The summed E-state index contributed by atoms with van der Waals surface area (Å²) in [4.78, 5) is 14.4. The van der Waals surface area contributed by atoms with Crippen molar-refractivity contribution < 1.29 is 9.53 Å². The highest BCUT2D eigenvalue weighted by Gasteiger charge is 2.35. The second-order valence-corrected chi connectivity index (χ2v) is 5.31. The highest BCUT2D eigenvalue weighted by molar-refractivity contribution is 5.80. The molecule has 19 heavy (non-hydrogen) atoms. The number of ether oxygens (including phenoxy) is 1. The van der Waals surface area contributed by atoms with Gasteiger partial charge in [-0.1, -0.05) is 33.6 Å². The van der Waals surface area contributed by atoms with Gasteiger partial charge in [-0.2, -0.15) is 0 Å². The molecule has 0 aliphatic rings. The predicted molar refractivity (Wildman–Crippen MR) is 80.3 cm³/mol. The molecule has 0 radical (unpaired) electrons. The fraction of sp³-hybridized carbons (Fsp3) is 0.933. The molecule has 1 N–H and O–H groups in total. The van der Waals surface area contributed by atoms with E-state index in [-0.39, 0.29) is 5.97 Å². The molecule has 0 aliphatic heterocycles. The third-order valence-corrected chi connectivity index (χ3v) is 3.94. The fourth-order valence-electron chi connectivity index (χ4n) is 2.20. The molecule has 0 aromatic rings. The lowest BCUT2D eigenvalue weighted by atomic mass is 9.99. The number of nitrogens with zero attached hydrogens (tertiary/aromatic N) is 1. The molecule has 4 nitrogen and oxygen atoms in total. The summed E-state index contributed by atoms with van der Waals surface area (Å²) in [6, 6.07) is 0. The van der Waals surface area contributed by atoms with Gasteiger partial charge in [-0.05, 0) is 33.4 Å². The quantitative estimate of drug-likeness (QED) is 0.620. The molecule has 0 aromatic carbocycles. The van der Waals surface area contributed by atoms with Crippen LogP contribution in [0.2, 0.25) is 0 Å². The van der Waals surface area contributed by atoms with Gasteiger partial charge in [0.1, 0.15) is 5.54 Å². The summed E-state index contributed by atoms with van der Waals surface area (Å²) < 4.78 is 5.17. The Bertz CT molecular complexity index is 255. The molecular weight excluding hydrogens is 240 g/mol. The standard InChI is InChI=1S/C15H32N2O2/c1-7-13(8-2)11-17(9-3)12-15(5,16-6)14(18)19-10-4/h13,16H,7-12H2,1-6H3. The van der Waals surface area contributed by atoms with Gasteiger partial charge in [0.25, 0.3) is 0 Å². The number of nitrogens with one attached hydrogen (secondary N) is 1. The molecule has 0 bridgehead atoms. The van der Waals surface area contributed by atoms with Crippen molar-refractivity contribution in [3.05, 3.63) is 0 Å². The molecule has 0 aliphatic carbocycles. The third kappa shape index (κ3) is 5.91. The van der Waals surface area contributed by atoms with E-state index >= 15 is 0 Å². The van der Waals surface area contributed by atoms with Crippen molar-refractivity contribution in [2.24, 2.45) is 5.92 Å². The number of hydrogen-bond acceptors (Lipinski definition) is 4. The first kappa shape index (κ1) is 18.4.